The van der Waals surface area contributed by atoms with Crippen LogP contribution in [0.4, 0.5) is 5.82 Å². The highest BCUT2D eigenvalue weighted by Gasteiger charge is 2.23. The van der Waals surface area contributed by atoms with Gasteiger partial charge in [-0.15, -0.1) is 0 Å². The van der Waals surface area contributed by atoms with Crippen LogP contribution >= 0.6 is 23.2 Å². The van der Waals surface area contributed by atoms with Gasteiger partial charge in [0, 0.05) is 12.2 Å². The van der Waals surface area contributed by atoms with Gasteiger partial charge in [0.2, 0.25) is 0 Å². The molecule has 2 unspecified atom stereocenters. The van der Waals surface area contributed by atoms with Crippen LogP contribution in [0.1, 0.15) is 26.2 Å². The van der Waals surface area contributed by atoms with Crippen molar-refractivity contribution in [3.8, 4) is 0 Å². The van der Waals surface area contributed by atoms with Crippen LogP contribution in [0.2, 0.25) is 10.0 Å². The molecule has 15 heavy (non-hydrogen) atoms. The Hall–Kier alpha value is -0.470. The number of anilines is 1. The molecule has 0 radical (unpaired) electrons. The average Bonchev–Trinajstić information content (AvgIpc) is 2.57. The van der Waals surface area contributed by atoms with Crippen molar-refractivity contribution < 1.29 is 0 Å². The van der Waals surface area contributed by atoms with Gasteiger partial charge in [0.05, 0.1) is 10.0 Å². The van der Waals surface area contributed by atoms with Gasteiger partial charge in [0.15, 0.2) is 0 Å². The molecule has 2 atom stereocenters. The molecule has 1 aromatic rings. The lowest BCUT2D eigenvalue weighted by Gasteiger charge is -2.18. The molecule has 1 fully saturated rings. The number of hydrogen-bond donors (Lipinski definition) is 1. The van der Waals surface area contributed by atoms with E-state index in [4.69, 9.17) is 23.2 Å². The second-order valence-electron chi connectivity index (χ2n) is 4.14. The van der Waals surface area contributed by atoms with Gasteiger partial charge in [-0.1, -0.05) is 36.5 Å². The van der Waals surface area contributed by atoms with Gasteiger partial charge in [0.1, 0.15) is 5.82 Å². The van der Waals surface area contributed by atoms with E-state index >= 15 is 0 Å². The van der Waals surface area contributed by atoms with Crippen LogP contribution in [-0.4, -0.2) is 11.0 Å². The summed E-state index contributed by atoms with van der Waals surface area (Å²) in [5, 5.41) is 4.56. The molecule has 1 saturated carbocycles. The number of aromatic nitrogens is 1. The van der Waals surface area contributed by atoms with Crippen molar-refractivity contribution in [3.05, 3.63) is 22.3 Å². The van der Waals surface area contributed by atoms with Gasteiger partial charge in [-0.2, -0.15) is 0 Å². The van der Waals surface area contributed by atoms with Gasteiger partial charge >= 0.3 is 0 Å². The summed E-state index contributed by atoms with van der Waals surface area (Å²) in [6, 6.07) is 2.22. The van der Waals surface area contributed by atoms with E-state index in [1.165, 1.54) is 19.3 Å². The molecule has 1 N–H and O–H groups in total. The van der Waals surface area contributed by atoms with Gasteiger partial charge in [-0.3, -0.25) is 0 Å². The Morgan fingerprint density at radius 3 is 2.80 bits per heavy atom. The third kappa shape index (κ3) is 2.56. The van der Waals surface area contributed by atoms with Crippen molar-refractivity contribution in [2.24, 2.45) is 5.92 Å². The lowest BCUT2D eigenvalue weighted by Crippen LogP contribution is -2.22. The van der Waals surface area contributed by atoms with Crippen LogP contribution in [0.5, 0.6) is 0 Å². The maximum Gasteiger partial charge on any atom is 0.145 e. The van der Waals surface area contributed by atoms with Gasteiger partial charge in [-0.25, -0.2) is 4.98 Å². The van der Waals surface area contributed by atoms with Gasteiger partial charge in [-0.05, 0) is 24.8 Å². The summed E-state index contributed by atoms with van der Waals surface area (Å²) in [6.07, 6.45) is 5.38. The van der Waals surface area contributed by atoms with Crippen LogP contribution in [0, 0.1) is 5.92 Å². The summed E-state index contributed by atoms with van der Waals surface area (Å²) >= 11 is 11.8. The Bertz CT molecular complexity index is 354. The Kier molecular flexibility index (Phi) is 3.37. The van der Waals surface area contributed by atoms with Crippen molar-refractivity contribution in [2.45, 2.75) is 32.2 Å². The minimum absolute atomic E-state index is 0.496. The van der Waals surface area contributed by atoms with Crippen molar-refractivity contribution in [2.75, 3.05) is 5.32 Å². The molecule has 0 aliphatic heterocycles. The predicted octanol–water partition coefficient (Wildman–Crippen LogP) is 3.99. The van der Waals surface area contributed by atoms with E-state index in [9.17, 15) is 0 Å². The third-order valence-electron chi connectivity index (χ3n) is 2.99. The van der Waals surface area contributed by atoms with Crippen molar-refractivity contribution >= 4 is 29.0 Å². The number of nitrogens with zero attached hydrogens (tertiary/aromatic N) is 1. The zero-order chi connectivity index (χ0) is 10.8. The summed E-state index contributed by atoms with van der Waals surface area (Å²) in [5.74, 6) is 1.44. The van der Waals surface area contributed by atoms with E-state index < -0.39 is 0 Å². The molecule has 1 aliphatic carbocycles. The number of halogens is 2. The Labute approximate surface area is 100.0 Å². The maximum absolute atomic E-state index is 6.05. The summed E-state index contributed by atoms with van der Waals surface area (Å²) in [7, 11) is 0. The fraction of sp³-hybridized carbons (Fsp3) is 0.545. The molecule has 1 aromatic heterocycles. The van der Waals surface area contributed by atoms with Crippen molar-refractivity contribution in [3.63, 3.8) is 0 Å². The Morgan fingerprint density at radius 1 is 1.40 bits per heavy atom. The number of rotatable bonds is 2. The first-order valence-corrected chi connectivity index (χ1v) is 6.00. The third-order valence-corrected chi connectivity index (χ3v) is 3.49. The monoisotopic (exact) mass is 244 g/mol. The zero-order valence-corrected chi connectivity index (χ0v) is 10.1. The lowest BCUT2D eigenvalue weighted by atomic mass is 10.1. The van der Waals surface area contributed by atoms with E-state index in [0.29, 0.717) is 22.0 Å². The van der Waals surface area contributed by atoms with Crippen molar-refractivity contribution in [1.29, 1.82) is 0 Å². The summed E-state index contributed by atoms with van der Waals surface area (Å²) < 4.78 is 0. The van der Waals surface area contributed by atoms with Crippen LogP contribution in [-0.2, 0) is 0 Å². The molecule has 1 aliphatic rings. The predicted molar refractivity (Wildman–Crippen MR) is 64.7 cm³/mol. The SMILES string of the molecule is CC1CCCC1Nc1ncc(Cl)cc1Cl. The largest absolute Gasteiger partial charge is 0.366 e. The van der Waals surface area contributed by atoms with Crippen LogP contribution in [0.3, 0.4) is 0 Å². The van der Waals surface area contributed by atoms with E-state index in [-0.39, 0.29) is 0 Å². The Balaban J connectivity index is 2.10. The molecule has 2 nitrogen and oxygen atoms in total. The summed E-state index contributed by atoms with van der Waals surface area (Å²) in [4.78, 5) is 4.20. The zero-order valence-electron chi connectivity index (χ0n) is 8.63. The average molecular weight is 245 g/mol. The second kappa shape index (κ2) is 4.58. The molecule has 0 saturated heterocycles. The smallest absolute Gasteiger partial charge is 0.145 e. The molecular formula is C11H14Cl2N2. The molecule has 0 aromatic carbocycles. The standard InChI is InChI=1S/C11H14Cl2N2/c1-7-3-2-4-10(7)15-11-9(13)5-8(12)6-14-11/h5-7,10H,2-4H2,1H3,(H,14,15). The molecule has 82 valence electrons. The molecule has 0 spiro atoms. The molecule has 0 amide bonds. The van der Waals surface area contributed by atoms with E-state index in [2.05, 4.69) is 17.2 Å². The van der Waals surface area contributed by atoms with Crippen molar-refractivity contribution in [1.82, 2.24) is 4.98 Å². The number of pyridine rings is 1. The lowest BCUT2D eigenvalue weighted by molar-refractivity contribution is 0.555. The highest BCUT2D eigenvalue weighted by Crippen LogP contribution is 2.30. The maximum atomic E-state index is 6.05. The minimum atomic E-state index is 0.496. The second-order valence-corrected chi connectivity index (χ2v) is 4.99. The van der Waals surface area contributed by atoms with E-state index in [0.717, 1.165) is 5.82 Å². The fourth-order valence-corrected chi connectivity index (χ4v) is 2.49. The topological polar surface area (TPSA) is 24.9 Å². The quantitative estimate of drug-likeness (QED) is 0.852. The molecule has 4 heteroatoms. The first kappa shape index (κ1) is 11.0. The number of hydrogen-bond acceptors (Lipinski definition) is 2. The summed E-state index contributed by atoms with van der Waals surface area (Å²) in [6.45, 7) is 2.26. The molecular weight excluding hydrogens is 231 g/mol. The minimum Gasteiger partial charge on any atom is -0.366 e. The highest BCUT2D eigenvalue weighted by molar-refractivity contribution is 6.35. The molecule has 0 bridgehead atoms. The van der Waals surface area contributed by atoms with E-state index in [1.807, 2.05) is 0 Å². The first-order chi connectivity index (χ1) is 7.16. The van der Waals surface area contributed by atoms with E-state index in [1.54, 1.807) is 12.3 Å². The normalized spacial score (nSPS) is 25.5. The van der Waals surface area contributed by atoms with Crippen LogP contribution in [0.25, 0.3) is 0 Å². The highest BCUT2D eigenvalue weighted by atomic mass is 35.5. The summed E-state index contributed by atoms with van der Waals surface area (Å²) in [5.41, 5.74) is 0. The Morgan fingerprint density at radius 2 is 2.20 bits per heavy atom. The number of nitrogens with one attached hydrogen (secondary N) is 1. The molecule has 1 heterocycles. The first-order valence-electron chi connectivity index (χ1n) is 5.24. The van der Waals surface area contributed by atoms with Gasteiger partial charge < -0.3 is 5.32 Å². The molecule has 2 rings (SSSR count). The van der Waals surface area contributed by atoms with Crippen LogP contribution < -0.4 is 5.32 Å². The fourth-order valence-electron chi connectivity index (χ4n) is 2.06. The van der Waals surface area contributed by atoms with Crippen LogP contribution in [0.15, 0.2) is 12.3 Å². The van der Waals surface area contributed by atoms with Gasteiger partial charge in [0.25, 0.3) is 0 Å².